The first-order chi connectivity index (χ1) is 4.70. The van der Waals surface area contributed by atoms with Gasteiger partial charge in [0, 0.05) is 0 Å². The predicted molar refractivity (Wildman–Crippen MR) is 42.0 cm³/mol. The van der Waals surface area contributed by atoms with E-state index < -0.39 is 6.10 Å². The number of aliphatic hydroxyl groups is 2. The zero-order valence-corrected chi connectivity index (χ0v) is 7.12. The molecule has 2 atom stereocenters. The van der Waals surface area contributed by atoms with Gasteiger partial charge in [0.1, 0.15) is 11.1 Å². The van der Waals surface area contributed by atoms with Gasteiger partial charge in [0.05, 0.1) is 13.2 Å². The van der Waals surface area contributed by atoms with Gasteiger partial charge in [-0.25, -0.2) is 0 Å². The van der Waals surface area contributed by atoms with E-state index in [0.717, 1.165) is 0 Å². The monoisotopic (exact) mass is 210 g/mol. The van der Waals surface area contributed by atoms with Crippen LogP contribution in [0.3, 0.4) is 0 Å². The summed E-state index contributed by atoms with van der Waals surface area (Å²) in [6.07, 6.45) is 0.740. The number of hydrogen-bond acceptors (Lipinski definition) is 3. The quantitative estimate of drug-likeness (QED) is 0.506. The second kappa shape index (κ2) is 5.85. The lowest BCUT2D eigenvalue weighted by molar-refractivity contribution is 0.00888. The van der Waals surface area contributed by atoms with E-state index in [1.807, 2.05) is 0 Å². The van der Waals surface area contributed by atoms with E-state index in [2.05, 4.69) is 22.5 Å². The molecule has 0 rings (SSSR count). The molecule has 0 fully saturated rings. The van der Waals surface area contributed by atoms with Crippen molar-refractivity contribution in [2.75, 3.05) is 13.2 Å². The summed E-state index contributed by atoms with van der Waals surface area (Å²) in [5.74, 6) is 0. The van der Waals surface area contributed by atoms with Gasteiger partial charge in [0.25, 0.3) is 0 Å². The Labute approximate surface area is 68.4 Å². The first-order valence-electron chi connectivity index (χ1n) is 2.88. The zero-order valence-electron chi connectivity index (χ0n) is 5.53. The highest BCUT2D eigenvalue weighted by Gasteiger charge is 2.03. The number of ether oxygens (including phenoxy) is 1. The Morgan fingerprint density at radius 1 is 1.70 bits per heavy atom. The van der Waals surface area contributed by atoms with Crippen LogP contribution in [-0.2, 0) is 4.74 Å². The average molecular weight is 211 g/mol. The van der Waals surface area contributed by atoms with Crippen LogP contribution >= 0.6 is 15.9 Å². The zero-order chi connectivity index (χ0) is 7.98. The fourth-order valence-corrected chi connectivity index (χ4v) is 0.476. The lowest BCUT2D eigenvalue weighted by atomic mass is 10.4. The molecule has 0 amide bonds. The molecule has 4 heteroatoms. The van der Waals surface area contributed by atoms with E-state index in [1.54, 1.807) is 6.08 Å². The van der Waals surface area contributed by atoms with Crippen molar-refractivity contribution < 1.29 is 14.9 Å². The van der Waals surface area contributed by atoms with Gasteiger partial charge >= 0.3 is 0 Å². The summed E-state index contributed by atoms with van der Waals surface area (Å²) in [5.41, 5.74) is 0. The van der Waals surface area contributed by atoms with Crippen molar-refractivity contribution in [3.8, 4) is 0 Å². The average Bonchev–Trinajstić information content (AvgIpc) is 1.99. The second-order valence-electron chi connectivity index (χ2n) is 1.76. The molecule has 0 aromatic carbocycles. The minimum absolute atomic E-state index is 0.110. The van der Waals surface area contributed by atoms with E-state index >= 15 is 0 Å². The third-order valence-electron chi connectivity index (χ3n) is 0.844. The largest absolute Gasteiger partial charge is 0.394 e. The molecule has 0 aromatic rings. The van der Waals surface area contributed by atoms with Gasteiger partial charge in [-0.1, -0.05) is 28.6 Å². The molecule has 0 bridgehead atoms. The fourth-order valence-electron chi connectivity index (χ4n) is 0.324. The second-order valence-corrected chi connectivity index (χ2v) is 2.66. The fraction of sp³-hybridized carbons (Fsp3) is 0.667. The Bertz CT molecular complexity index is 97.0. The molecule has 0 aliphatic rings. The number of hydrogen-bond donors (Lipinski definition) is 2. The molecule has 2 N–H and O–H groups in total. The van der Waals surface area contributed by atoms with Crippen LogP contribution in [0.15, 0.2) is 12.7 Å². The maximum atomic E-state index is 8.77. The lowest BCUT2D eigenvalue weighted by Gasteiger charge is -2.09. The number of aliphatic hydroxyl groups excluding tert-OH is 2. The molecule has 0 radical (unpaired) electrons. The van der Waals surface area contributed by atoms with Crippen molar-refractivity contribution in [2.45, 2.75) is 11.1 Å². The van der Waals surface area contributed by atoms with Crippen LogP contribution in [0.4, 0.5) is 0 Å². The van der Waals surface area contributed by atoms with E-state index in [-0.39, 0.29) is 18.2 Å². The van der Waals surface area contributed by atoms with Gasteiger partial charge in [0.2, 0.25) is 0 Å². The Hall–Kier alpha value is 0.1000. The van der Waals surface area contributed by atoms with Crippen LogP contribution in [0.5, 0.6) is 0 Å². The normalized spacial score (nSPS) is 16.3. The molecule has 0 heterocycles. The van der Waals surface area contributed by atoms with Gasteiger partial charge in [-0.3, -0.25) is 0 Å². The predicted octanol–water partition coefficient (Wildman–Crippen LogP) is 0.263. The van der Waals surface area contributed by atoms with Crippen molar-refractivity contribution in [2.24, 2.45) is 0 Å². The first-order valence-corrected chi connectivity index (χ1v) is 3.79. The molecule has 0 aliphatic heterocycles. The Balaban J connectivity index is 3.25. The van der Waals surface area contributed by atoms with Crippen LogP contribution in [0, 0.1) is 0 Å². The molecule has 0 aliphatic carbocycles. The van der Waals surface area contributed by atoms with E-state index in [9.17, 15) is 0 Å². The molecule has 0 spiro atoms. The number of rotatable bonds is 5. The van der Waals surface area contributed by atoms with Crippen LogP contribution in [0.1, 0.15) is 0 Å². The maximum Gasteiger partial charge on any atom is 0.130 e. The maximum absolute atomic E-state index is 8.77. The van der Waals surface area contributed by atoms with Crippen molar-refractivity contribution in [1.82, 2.24) is 0 Å². The molecular formula is C6H11BrO3. The minimum Gasteiger partial charge on any atom is -0.394 e. The van der Waals surface area contributed by atoms with Crippen LogP contribution in [0.25, 0.3) is 0 Å². The summed E-state index contributed by atoms with van der Waals surface area (Å²) >= 11 is 3.10. The van der Waals surface area contributed by atoms with Crippen LogP contribution < -0.4 is 0 Å². The summed E-state index contributed by atoms with van der Waals surface area (Å²) in [6.45, 7) is 3.28. The molecular weight excluding hydrogens is 200 g/mol. The van der Waals surface area contributed by atoms with Crippen molar-refractivity contribution in [3.63, 3.8) is 0 Å². The van der Waals surface area contributed by atoms with Gasteiger partial charge < -0.3 is 14.9 Å². The Morgan fingerprint density at radius 3 is 2.70 bits per heavy atom. The third kappa shape index (κ3) is 4.93. The molecule has 10 heavy (non-hydrogen) atoms. The SMILES string of the molecule is C=CC(Br)OCC(O)CO. The van der Waals surface area contributed by atoms with Crippen molar-refractivity contribution in [1.29, 1.82) is 0 Å². The number of alkyl halides is 1. The summed E-state index contributed by atoms with van der Waals surface area (Å²) in [5, 5.41) is 16.9. The molecule has 2 unspecified atom stereocenters. The standard InChI is InChI=1S/C6H11BrO3/c1-2-6(7)10-4-5(9)3-8/h2,5-6,8-9H,1,3-4H2. The lowest BCUT2D eigenvalue weighted by Crippen LogP contribution is -2.21. The number of halogens is 1. The summed E-state index contributed by atoms with van der Waals surface area (Å²) in [6, 6.07) is 0. The molecule has 0 aromatic heterocycles. The van der Waals surface area contributed by atoms with Gasteiger partial charge in [0.15, 0.2) is 0 Å². The van der Waals surface area contributed by atoms with Crippen LogP contribution in [-0.4, -0.2) is 34.5 Å². The van der Waals surface area contributed by atoms with Gasteiger partial charge in [-0.2, -0.15) is 0 Å². The van der Waals surface area contributed by atoms with Gasteiger partial charge in [-0.05, 0) is 0 Å². The summed E-state index contributed by atoms with van der Waals surface area (Å²) in [7, 11) is 0. The highest BCUT2D eigenvalue weighted by atomic mass is 79.9. The third-order valence-corrected chi connectivity index (χ3v) is 1.48. The topological polar surface area (TPSA) is 49.7 Å². The molecule has 3 nitrogen and oxygen atoms in total. The van der Waals surface area contributed by atoms with Crippen molar-refractivity contribution >= 4 is 15.9 Å². The summed E-state index contributed by atoms with van der Waals surface area (Å²) in [4.78, 5) is 0. The Kier molecular flexibility index (Phi) is 5.91. The minimum atomic E-state index is -0.806. The first kappa shape index (κ1) is 10.1. The highest BCUT2D eigenvalue weighted by Crippen LogP contribution is 2.02. The molecule has 60 valence electrons. The Morgan fingerprint density at radius 2 is 2.30 bits per heavy atom. The van der Waals surface area contributed by atoms with E-state index in [4.69, 9.17) is 14.9 Å². The smallest absolute Gasteiger partial charge is 0.130 e. The summed E-state index contributed by atoms with van der Waals surface area (Å²) < 4.78 is 4.93. The van der Waals surface area contributed by atoms with Gasteiger partial charge in [-0.15, -0.1) is 0 Å². The highest BCUT2D eigenvalue weighted by molar-refractivity contribution is 9.09. The van der Waals surface area contributed by atoms with Crippen molar-refractivity contribution in [3.05, 3.63) is 12.7 Å². The molecule has 0 saturated heterocycles. The molecule has 0 saturated carbocycles. The van der Waals surface area contributed by atoms with Crippen LogP contribution in [0.2, 0.25) is 0 Å². The van der Waals surface area contributed by atoms with E-state index in [1.165, 1.54) is 0 Å². The van der Waals surface area contributed by atoms with E-state index in [0.29, 0.717) is 0 Å².